The van der Waals surface area contributed by atoms with Gasteiger partial charge >= 0.3 is 6.18 Å². The molecule has 35 heavy (non-hydrogen) atoms. The molecule has 0 fully saturated rings. The first-order valence-corrected chi connectivity index (χ1v) is 12.2. The number of aromatic amines is 1. The summed E-state index contributed by atoms with van der Waals surface area (Å²) in [7, 11) is -3.47. The van der Waals surface area contributed by atoms with E-state index < -0.39 is 38.6 Å². The molecule has 2 aromatic heterocycles. The molecule has 0 aliphatic rings. The molecule has 1 unspecified atom stereocenters. The minimum atomic E-state index is -4.67. The molecule has 1 atom stereocenters. The molecule has 8 nitrogen and oxygen atoms in total. The summed E-state index contributed by atoms with van der Waals surface area (Å²) in [4.78, 5) is 23.4. The van der Waals surface area contributed by atoms with E-state index in [4.69, 9.17) is 5.73 Å². The number of anilines is 2. The Hall–Kier alpha value is -3.93. The van der Waals surface area contributed by atoms with Crippen LogP contribution in [0, 0.1) is 0 Å². The van der Waals surface area contributed by atoms with E-state index in [1.807, 2.05) is 0 Å². The number of alkyl halides is 3. The van der Waals surface area contributed by atoms with E-state index in [2.05, 4.69) is 20.3 Å². The zero-order chi connectivity index (χ0) is 25.5. The number of nitrogens with two attached hydrogens (primary N) is 1. The standard InChI is InChI=1S/C23H20F3N5O3S/c1-12(18-10-14-6-4-8-17(23(24,25)26)19(14)21(32)30-18)29-20-16(11-28-22(27)31-20)13-5-3-7-15(9-13)35(2,33)34/h3-12H,1-2H3,(H,30,32)(H3,27,28,29,31). The Balaban J connectivity index is 1.76. The predicted molar refractivity (Wildman–Crippen MR) is 127 cm³/mol. The van der Waals surface area contributed by atoms with Crippen molar-refractivity contribution in [3.8, 4) is 11.1 Å². The molecule has 2 aromatic carbocycles. The summed E-state index contributed by atoms with van der Waals surface area (Å²) in [6.07, 6.45) is -2.16. The number of sulfone groups is 1. The highest BCUT2D eigenvalue weighted by Crippen LogP contribution is 2.34. The van der Waals surface area contributed by atoms with Gasteiger partial charge in [-0.3, -0.25) is 4.79 Å². The van der Waals surface area contributed by atoms with E-state index in [0.29, 0.717) is 16.8 Å². The second-order valence-electron chi connectivity index (χ2n) is 7.98. The first-order valence-electron chi connectivity index (χ1n) is 10.3. The fraction of sp³-hybridized carbons (Fsp3) is 0.174. The molecule has 4 N–H and O–H groups in total. The fourth-order valence-electron chi connectivity index (χ4n) is 3.70. The molecule has 0 radical (unpaired) electrons. The van der Waals surface area contributed by atoms with Gasteiger partial charge in [-0.25, -0.2) is 13.4 Å². The number of nitrogen functional groups attached to an aromatic ring is 1. The number of fused-ring (bicyclic) bond motifs is 1. The molecule has 0 aliphatic carbocycles. The fourth-order valence-corrected chi connectivity index (χ4v) is 4.37. The van der Waals surface area contributed by atoms with Crippen LogP contribution in [-0.4, -0.2) is 29.6 Å². The molecular weight excluding hydrogens is 483 g/mol. The SMILES string of the molecule is CC(Nc1nc(N)ncc1-c1cccc(S(C)(=O)=O)c1)c1cc2cccc(C(F)(F)F)c2c(=O)[nH]1. The highest BCUT2D eigenvalue weighted by Gasteiger charge is 2.33. The number of rotatable bonds is 5. The first kappa shape index (κ1) is 24.2. The van der Waals surface area contributed by atoms with Crippen LogP contribution >= 0.6 is 0 Å². The van der Waals surface area contributed by atoms with E-state index >= 15 is 0 Å². The number of halogens is 3. The van der Waals surface area contributed by atoms with E-state index in [1.54, 1.807) is 19.1 Å². The van der Waals surface area contributed by atoms with Crippen molar-refractivity contribution in [3.05, 3.63) is 76.3 Å². The van der Waals surface area contributed by atoms with Crippen LogP contribution < -0.4 is 16.6 Å². The third-order valence-corrected chi connectivity index (χ3v) is 6.51. The average molecular weight is 504 g/mol. The lowest BCUT2D eigenvalue weighted by atomic mass is 10.0. The number of nitrogens with zero attached hydrogens (tertiary/aromatic N) is 2. The number of aromatic nitrogens is 3. The number of H-pyrrole nitrogens is 1. The summed E-state index contributed by atoms with van der Waals surface area (Å²) in [5, 5.41) is 2.78. The quantitative estimate of drug-likeness (QED) is 0.373. The van der Waals surface area contributed by atoms with Gasteiger partial charge in [-0.05, 0) is 42.1 Å². The van der Waals surface area contributed by atoms with Crippen molar-refractivity contribution in [2.75, 3.05) is 17.3 Å². The van der Waals surface area contributed by atoms with Crippen LogP contribution in [-0.2, 0) is 16.0 Å². The Morgan fingerprint density at radius 2 is 1.83 bits per heavy atom. The zero-order valence-electron chi connectivity index (χ0n) is 18.5. The summed E-state index contributed by atoms with van der Waals surface area (Å²) >= 11 is 0. The molecule has 0 amide bonds. The van der Waals surface area contributed by atoms with Crippen molar-refractivity contribution in [2.24, 2.45) is 0 Å². The van der Waals surface area contributed by atoms with Gasteiger partial charge in [0, 0.05) is 23.7 Å². The normalized spacial score (nSPS) is 13.1. The first-order chi connectivity index (χ1) is 16.3. The molecule has 182 valence electrons. The highest BCUT2D eigenvalue weighted by molar-refractivity contribution is 7.90. The lowest BCUT2D eigenvalue weighted by Gasteiger charge is -2.19. The van der Waals surface area contributed by atoms with Crippen LogP contribution in [0.2, 0.25) is 0 Å². The molecule has 0 saturated heterocycles. The molecule has 4 rings (SSSR count). The van der Waals surface area contributed by atoms with Crippen molar-refractivity contribution in [1.29, 1.82) is 0 Å². The summed E-state index contributed by atoms with van der Waals surface area (Å²) < 4.78 is 64.0. The summed E-state index contributed by atoms with van der Waals surface area (Å²) in [5.74, 6) is 0.199. The summed E-state index contributed by atoms with van der Waals surface area (Å²) in [6, 6.07) is 10.6. The molecule has 12 heteroatoms. The van der Waals surface area contributed by atoms with Gasteiger partial charge in [0.25, 0.3) is 5.56 Å². The maximum atomic E-state index is 13.4. The van der Waals surface area contributed by atoms with Gasteiger partial charge in [0.1, 0.15) is 5.82 Å². The van der Waals surface area contributed by atoms with E-state index in [0.717, 1.165) is 12.3 Å². The van der Waals surface area contributed by atoms with E-state index in [1.165, 1.54) is 36.5 Å². The third kappa shape index (κ3) is 4.97. The molecular formula is C23H20F3N5O3S. The van der Waals surface area contributed by atoms with Gasteiger partial charge in [0.2, 0.25) is 5.95 Å². The Kier molecular flexibility index (Phi) is 6.01. The van der Waals surface area contributed by atoms with Gasteiger partial charge in [0.15, 0.2) is 9.84 Å². The number of benzene rings is 2. The lowest BCUT2D eigenvalue weighted by Crippen LogP contribution is -2.19. The van der Waals surface area contributed by atoms with E-state index in [-0.39, 0.29) is 22.0 Å². The number of nitrogens with one attached hydrogen (secondary N) is 2. The van der Waals surface area contributed by atoms with Crippen LogP contribution in [0.3, 0.4) is 0 Å². The Morgan fingerprint density at radius 3 is 2.51 bits per heavy atom. The number of hydrogen-bond donors (Lipinski definition) is 3. The monoisotopic (exact) mass is 503 g/mol. The van der Waals surface area contributed by atoms with Gasteiger partial charge in [-0.2, -0.15) is 18.2 Å². The topological polar surface area (TPSA) is 131 Å². The second-order valence-corrected chi connectivity index (χ2v) is 9.99. The zero-order valence-corrected chi connectivity index (χ0v) is 19.3. The molecule has 0 bridgehead atoms. The van der Waals surface area contributed by atoms with Gasteiger partial charge < -0.3 is 16.0 Å². The maximum Gasteiger partial charge on any atom is 0.417 e. The van der Waals surface area contributed by atoms with Crippen molar-refractivity contribution >= 4 is 32.4 Å². The Morgan fingerprint density at radius 1 is 1.11 bits per heavy atom. The second kappa shape index (κ2) is 8.69. The van der Waals surface area contributed by atoms with Crippen LogP contribution in [0.15, 0.2) is 64.4 Å². The lowest BCUT2D eigenvalue weighted by molar-refractivity contribution is -0.136. The van der Waals surface area contributed by atoms with Crippen molar-refractivity contribution in [3.63, 3.8) is 0 Å². The van der Waals surface area contributed by atoms with Crippen LogP contribution in [0.25, 0.3) is 21.9 Å². The van der Waals surface area contributed by atoms with Gasteiger partial charge in [-0.1, -0.05) is 24.3 Å². The van der Waals surface area contributed by atoms with Crippen molar-refractivity contribution < 1.29 is 21.6 Å². The predicted octanol–water partition coefficient (Wildman–Crippen LogP) is 4.16. The molecule has 2 heterocycles. The van der Waals surface area contributed by atoms with Gasteiger partial charge in [0.05, 0.1) is 21.9 Å². The van der Waals surface area contributed by atoms with Crippen molar-refractivity contribution in [2.45, 2.75) is 24.0 Å². The molecule has 0 saturated carbocycles. The van der Waals surface area contributed by atoms with Crippen LogP contribution in [0.1, 0.15) is 24.2 Å². The minimum absolute atomic E-state index is 0.0514. The van der Waals surface area contributed by atoms with Gasteiger partial charge in [-0.15, -0.1) is 0 Å². The molecule has 0 spiro atoms. The van der Waals surface area contributed by atoms with E-state index in [9.17, 15) is 26.4 Å². The third-order valence-electron chi connectivity index (χ3n) is 5.40. The summed E-state index contributed by atoms with van der Waals surface area (Å²) in [6.45, 7) is 1.68. The molecule has 4 aromatic rings. The Labute approximate surface area is 198 Å². The average Bonchev–Trinajstić information content (AvgIpc) is 2.77. The highest BCUT2D eigenvalue weighted by atomic mass is 32.2. The number of pyridine rings is 1. The maximum absolute atomic E-state index is 13.4. The number of hydrogen-bond acceptors (Lipinski definition) is 7. The largest absolute Gasteiger partial charge is 0.417 e. The Bertz CT molecular complexity index is 1600. The molecule has 0 aliphatic heterocycles. The van der Waals surface area contributed by atoms with Crippen LogP contribution in [0.4, 0.5) is 24.9 Å². The van der Waals surface area contributed by atoms with Crippen LogP contribution in [0.5, 0.6) is 0 Å². The summed E-state index contributed by atoms with van der Waals surface area (Å²) in [5.41, 5.74) is 5.13. The van der Waals surface area contributed by atoms with Crippen molar-refractivity contribution in [1.82, 2.24) is 15.0 Å². The minimum Gasteiger partial charge on any atom is -0.368 e. The smallest absolute Gasteiger partial charge is 0.368 e.